The summed E-state index contributed by atoms with van der Waals surface area (Å²) in [5, 5.41) is 15.8. The molecule has 0 aliphatic carbocycles. The van der Waals surface area contributed by atoms with Gasteiger partial charge in [0.1, 0.15) is 0 Å². The molecule has 4 N–H and O–H groups in total. The number of nitrogen functional groups attached to an aromatic ring is 1. The lowest BCUT2D eigenvalue weighted by atomic mass is 10.1. The second-order valence-corrected chi connectivity index (χ2v) is 4.02. The predicted octanol–water partition coefficient (Wildman–Crippen LogP) is 2.77. The van der Waals surface area contributed by atoms with Crippen LogP contribution in [-0.4, -0.2) is 11.1 Å². The van der Waals surface area contributed by atoms with Gasteiger partial charge in [-0.3, -0.25) is 0 Å². The molecule has 82 valence electrons. The van der Waals surface area contributed by atoms with E-state index < -0.39 is 5.97 Å². The Morgan fingerprint density at radius 1 is 1.38 bits per heavy atom. The van der Waals surface area contributed by atoms with Crippen LogP contribution in [0.3, 0.4) is 0 Å². The second kappa shape index (κ2) is 4.24. The highest BCUT2D eigenvalue weighted by Gasteiger charge is 2.06. The van der Waals surface area contributed by atoms with E-state index in [1.165, 1.54) is 12.1 Å². The highest BCUT2D eigenvalue weighted by atomic mass is 32.1. The van der Waals surface area contributed by atoms with Crippen LogP contribution >= 0.6 is 11.3 Å². The van der Waals surface area contributed by atoms with Crippen LogP contribution in [0.5, 0.6) is 0 Å². The number of carboxylic acids is 1. The maximum atomic E-state index is 10.8. The molecule has 1 heterocycles. The monoisotopic (exact) mass is 234 g/mol. The number of nitrogens with two attached hydrogens (primary N) is 1. The number of nitrogens with one attached hydrogen (secondary N) is 1. The number of hydrogen-bond donors (Lipinski definition) is 3. The molecule has 0 amide bonds. The number of benzene rings is 1. The van der Waals surface area contributed by atoms with Crippen LogP contribution in [-0.2, 0) is 0 Å². The molecule has 0 atom stereocenters. The van der Waals surface area contributed by atoms with E-state index in [2.05, 4.69) is 5.32 Å². The van der Waals surface area contributed by atoms with Crippen molar-refractivity contribution in [3.05, 3.63) is 40.6 Å². The van der Waals surface area contributed by atoms with Crippen LogP contribution in [0.4, 0.5) is 17.1 Å². The summed E-state index contributed by atoms with van der Waals surface area (Å²) in [7, 11) is 0. The lowest BCUT2D eigenvalue weighted by Crippen LogP contribution is -2.00. The van der Waals surface area contributed by atoms with E-state index >= 15 is 0 Å². The molecule has 5 heteroatoms. The zero-order chi connectivity index (χ0) is 11.5. The normalized spacial score (nSPS) is 10.0. The minimum absolute atomic E-state index is 0.215. The molecule has 1 aromatic carbocycles. The molecule has 0 aliphatic heterocycles. The van der Waals surface area contributed by atoms with Crippen molar-refractivity contribution in [1.29, 1.82) is 0 Å². The molecule has 16 heavy (non-hydrogen) atoms. The Morgan fingerprint density at radius 2 is 2.19 bits per heavy atom. The van der Waals surface area contributed by atoms with Gasteiger partial charge in [0.15, 0.2) is 0 Å². The first-order chi connectivity index (χ1) is 7.66. The van der Waals surface area contributed by atoms with E-state index in [0.717, 1.165) is 5.69 Å². The molecule has 2 rings (SSSR count). The summed E-state index contributed by atoms with van der Waals surface area (Å²) in [5.41, 5.74) is 8.00. The minimum Gasteiger partial charge on any atom is -0.478 e. The first kappa shape index (κ1) is 10.5. The third kappa shape index (κ3) is 2.14. The summed E-state index contributed by atoms with van der Waals surface area (Å²) < 4.78 is 0. The van der Waals surface area contributed by atoms with Crippen molar-refractivity contribution in [3.63, 3.8) is 0 Å². The van der Waals surface area contributed by atoms with E-state index in [9.17, 15) is 4.79 Å². The van der Waals surface area contributed by atoms with Crippen LogP contribution in [0.1, 0.15) is 10.4 Å². The van der Waals surface area contributed by atoms with Crippen LogP contribution < -0.4 is 11.1 Å². The van der Waals surface area contributed by atoms with Crippen molar-refractivity contribution >= 4 is 34.4 Å². The maximum absolute atomic E-state index is 10.8. The van der Waals surface area contributed by atoms with Gasteiger partial charge in [0.25, 0.3) is 0 Å². The van der Waals surface area contributed by atoms with Crippen molar-refractivity contribution in [2.45, 2.75) is 0 Å². The minimum atomic E-state index is -0.964. The SMILES string of the molecule is Nc1ccc(C(=O)O)cc1Nc1ccsc1. The molecular formula is C11H10N2O2S. The summed E-state index contributed by atoms with van der Waals surface area (Å²) in [6, 6.07) is 6.49. The molecule has 2 aromatic rings. The Hall–Kier alpha value is -2.01. The Labute approximate surface area is 96.3 Å². The largest absolute Gasteiger partial charge is 0.478 e. The average molecular weight is 234 g/mol. The lowest BCUT2D eigenvalue weighted by Gasteiger charge is -2.08. The van der Waals surface area contributed by atoms with Crippen LogP contribution in [0.15, 0.2) is 35.0 Å². The van der Waals surface area contributed by atoms with Gasteiger partial charge in [-0.2, -0.15) is 11.3 Å². The summed E-state index contributed by atoms with van der Waals surface area (Å²) in [4.78, 5) is 10.8. The quantitative estimate of drug-likeness (QED) is 0.714. The standard InChI is InChI=1S/C11H10N2O2S/c12-9-2-1-7(11(14)15)5-10(9)13-8-3-4-16-6-8/h1-6,13H,12H2,(H,14,15). The van der Waals surface area contributed by atoms with Crippen molar-refractivity contribution in [2.75, 3.05) is 11.1 Å². The molecule has 1 aromatic heterocycles. The van der Waals surface area contributed by atoms with Gasteiger partial charge in [0.2, 0.25) is 0 Å². The number of hydrogen-bond acceptors (Lipinski definition) is 4. The summed E-state index contributed by atoms with van der Waals surface area (Å²) in [5.74, 6) is -0.964. The van der Waals surface area contributed by atoms with E-state index in [1.807, 2.05) is 16.8 Å². The van der Waals surface area contributed by atoms with Crippen molar-refractivity contribution < 1.29 is 9.90 Å². The Morgan fingerprint density at radius 3 is 2.81 bits per heavy atom. The Kier molecular flexibility index (Phi) is 2.78. The first-order valence-electron chi connectivity index (χ1n) is 4.59. The van der Waals surface area contributed by atoms with E-state index in [1.54, 1.807) is 17.4 Å². The fraction of sp³-hybridized carbons (Fsp3) is 0. The molecule has 0 unspecified atom stereocenters. The number of rotatable bonds is 3. The number of thiophene rings is 1. The van der Waals surface area contributed by atoms with Crippen LogP contribution in [0, 0.1) is 0 Å². The van der Waals surface area contributed by atoms with Gasteiger partial charge in [0, 0.05) is 11.1 Å². The third-order valence-electron chi connectivity index (χ3n) is 2.10. The third-order valence-corrected chi connectivity index (χ3v) is 2.78. The topological polar surface area (TPSA) is 75.4 Å². The van der Waals surface area contributed by atoms with Crippen molar-refractivity contribution in [2.24, 2.45) is 0 Å². The molecule has 0 bridgehead atoms. The Bertz CT molecular complexity index is 509. The molecule has 0 fully saturated rings. The van der Waals surface area contributed by atoms with Crippen molar-refractivity contribution in [3.8, 4) is 0 Å². The molecular weight excluding hydrogens is 224 g/mol. The van der Waals surface area contributed by atoms with E-state index in [0.29, 0.717) is 11.4 Å². The highest BCUT2D eigenvalue weighted by molar-refractivity contribution is 7.08. The Balaban J connectivity index is 2.32. The van der Waals surface area contributed by atoms with Crippen LogP contribution in [0.25, 0.3) is 0 Å². The molecule has 0 radical (unpaired) electrons. The molecule has 4 nitrogen and oxygen atoms in total. The number of carbonyl (C=O) groups is 1. The summed E-state index contributed by atoms with van der Waals surface area (Å²) >= 11 is 1.56. The molecule has 0 saturated heterocycles. The second-order valence-electron chi connectivity index (χ2n) is 3.24. The summed E-state index contributed by atoms with van der Waals surface area (Å²) in [6.45, 7) is 0. The van der Waals surface area contributed by atoms with Gasteiger partial charge in [-0.1, -0.05) is 0 Å². The smallest absolute Gasteiger partial charge is 0.335 e. The van der Waals surface area contributed by atoms with Gasteiger partial charge < -0.3 is 16.2 Å². The summed E-state index contributed by atoms with van der Waals surface area (Å²) in [6.07, 6.45) is 0. The molecule has 0 spiro atoms. The van der Waals surface area contributed by atoms with Crippen molar-refractivity contribution in [1.82, 2.24) is 0 Å². The van der Waals surface area contributed by atoms with Gasteiger partial charge in [0.05, 0.1) is 16.9 Å². The number of aromatic carboxylic acids is 1. The zero-order valence-corrected chi connectivity index (χ0v) is 9.12. The lowest BCUT2D eigenvalue weighted by molar-refractivity contribution is 0.0697. The average Bonchev–Trinajstić information content (AvgIpc) is 2.73. The number of anilines is 3. The maximum Gasteiger partial charge on any atom is 0.335 e. The number of carboxylic acid groups (broad SMARTS) is 1. The molecule has 0 aliphatic rings. The van der Waals surface area contributed by atoms with Crippen LogP contribution in [0.2, 0.25) is 0 Å². The predicted molar refractivity (Wildman–Crippen MR) is 65.4 cm³/mol. The van der Waals surface area contributed by atoms with E-state index in [4.69, 9.17) is 10.8 Å². The van der Waals surface area contributed by atoms with Gasteiger partial charge in [-0.15, -0.1) is 0 Å². The highest BCUT2D eigenvalue weighted by Crippen LogP contribution is 2.25. The fourth-order valence-electron chi connectivity index (χ4n) is 1.29. The van der Waals surface area contributed by atoms with Gasteiger partial charge >= 0.3 is 5.97 Å². The van der Waals surface area contributed by atoms with Gasteiger partial charge in [-0.25, -0.2) is 4.79 Å². The first-order valence-corrected chi connectivity index (χ1v) is 5.53. The molecule has 0 saturated carbocycles. The van der Waals surface area contributed by atoms with E-state index in [-0.39, 0.29) is 5.56 Å². The fourth-order valence-corrected chi connectivity index (χ4v) is 1.88. The van der Waals surface area contributed by atoms with Gasteiger partial charge in [-0.05, 0) is 29.6 Å². The zero-order valence-electron chi connectivity index (χ0n) is 8.31.